The molecule has 0 bridgehead atoms. The summed E-state index contributed by atoms with van der Waals surface area (Å²) < 4.78 is 0. The Morgan fingerprint density at radius 1 is 1.10 bits per heavy atom. The van der Waals surface area contributed by atoms with Crippen LogP contribution >= 0.6 is 12.2 Å². The van der Waals surface area contributed by atoms with E-state index in [4.69, 9.17) is 12.2 Å². The summed E-state index contributed by atoms with van der Waals surface area (Å²) >= 11 is 5.40. The van der Waals surface area contributed by atoms with Crippen LogP contribution in [0.2, 0.25) is 0 Å². The molecule has 1 amide bonds. The molecule has 4 heteroatoms. The SMILES string of the molecule is O=C1CCc2cc(NC(=S)c3ccccc3)ccc2N1. The van der Waals surface area contributed by atoms with Crippen LogP contribution in [0.15, 0.2) is 48.5 Å². The van der Waals surface area contributed by atoms with E-state index >= 15 is 0 Å². The molecule has 1 aliphatic heterocycles. The monoisotopic (exact) mass is 282 g/mol. The summed E-state index contributed by atoms with van der Waals surface area (Å²) in [6, 6.07) is 15.7. The Kier molecular flexibility index (Phi) is 3.48. The van der Waals surface area contributed by atoms with Crippen LogP contribution in [-0.2, 0) is 11.2 Å². The fourth-order valence-corrected chi connectivity index (χ4v) is 2.51. The van der Waals surface area contributed by atoms with Crippen molar-refractivity contribution in [1.82, 2.24) is 0 Å². The van der Waals surface area contributed by atoms with Gasteiger partial charge in [0.25, 0.3) is 0 Å². The second-order valence-corrected chi connectivity index (χ2v) is 5.15. The van der Waals surface area contributed by atoms with Crippen LogP contribution in [0, 0.1) is 0 Å². The molecule has 0 atom stereocenters. The van der Waals surface area contributed by atoms with E-state index in [9.17, 15) is 4.79 Å². The number of hydrogen-bond donors (Lipinski definition) is 2. The summed E-state index contributed by atoms with van der Waals surface area (Å²) in [6.45, 7) is 0. The van der Waals surface area contributed by atoms with Gasteiger partial charge in [0.2, 0.25) is 5.91 Å². The van der Waals surface area contributed by atoms with Crippen molar-refractivity contribution in [2.24, 2.45) is 0 Å². The zero-order valence-electron chi connectivity index (χ0n) is 10.8. The van der Waals surface area contributed by atoms with Gasteiger partial charge in [-0.15, -0.1) is 0 Å². The highest BCUT2D eigenvalue weighted by molar-refractivity contribution is 7.81. The van der Waals surface area contributed by atoms with Crippen LogP contribution in [0.5, 0.6) is 0 Å². The van der Waals surface area contributed by atoms with Gasteiger partial charge in [-0.25, -0.2) is 0 Å². The number of thiocarbonyl (C=S) groups is 1. The van der Waals surface area contributed by atoms with Crippen molar-refractivity contribution in [2.45, 2.75) is 12.8 Å². The Labute approximate surface area is 123 Å². The van der Waals surface area contributed by atoms with E-state index in [1.807, 2.05) is 48.5 Å². The minimum Gasteiger partial charge on any atom is -0.346 e. The van der Waals surface area contributed by atoms with E-state index in [1.165, 1.54) is 0 Å². The largest absolute Gasteiger partial charge is 0.346 e. The van der Waals surface area contributed by atoms with Crippen molar-refractivity contribution in [3.63, 3.8) is 0 Å². The first-order chi connectivity index (χ1) is 9.72. The smallest absolute Gasteiger partial charge is 0.224 e. The lowest BCUT2D eigenvalue weighted by Crippen LogP contribution is -2.19. The number of anilines is 2. The second kappa shape index (κ2) is 5.43. The number of carbonyl (C=O) groups excluding carboxylic acids is 1. The number of nitrogens with one attached hydrogen (secondary N) is 2. The van der Waals surface area contributed by atoms with E-state index in [-0.39, 0.29) is 5.91 Å². The van der Waals surface area contributed by atoms with E-state index in [2.05, 4.69) is 10.6 Å². The molecule has 0 fully saturated rings. The summed E-state index contributed by atoms with van der Waals surface area (Å²) in [5, 5.41) is 6.11. The molecule has 3 rings (SSSR count). The standard InChI is InChI=1S/C16H14N2OS/c19-15-9-6-12-10-13(7-8-14(12)18-15)17-16(20)11-4-2-1-3-5-11/h1-5,7-8,10H,6,9H2,(H,17,20)(H,18,19). The molecule has 20 heavy (non-hydrogen) atoms. The third-order valence-corrected chi connectivity index (χ3v) is 3.63. The number of rotatable bonds is 2. The number of carbonyl (C=O) groups is 1. The predicted molar refractivity (Wildman–Crippen MR) is 85.2 cm³/mol. The lowest BCUT2D eigenvalue weighted by atomic mass is 10.0. The van der Waals surface area contributed by atoms with Crippen LogP contribution in [0.25, 0.3) is 0 Å². The zero-order valence-corrected chi connectivity index (χ0v) is 11.7. The lowest BCUT2D eigenvalue weighted by Gasteiger charge is -2.18. The molecular formula is C16H14N2OS. The van der Waals surface area contributed by atoms with Gasteiger partial charge in [-0.05, 0) is 30.2 Å². The average molecular weight is 282 g/mol. The van der Waals surface area contributed by atoms with E-state index in [0.717, 1.165) is 28.9 Å². The van der Waals surface area contributed by atoms with Gasteiger partial charge in [0.15, 0.2) is 0 Å². The van der Waals surface area contributed by atoms with Crippen LogP contribution < -0.4 is 10.6 Å². The third kappa shape index (κ3) is 2.70. The molecule has 0 aromatic heterocycles. The van der Waals surface area contributed by atoms with Gasteiger partial charge in [0.1, 0.15) is 4.99 Å². The molecule has 3 nitrogen and oxygen atoms in total. The van der Waals surface area contributed by atoms with Crippen molar-refractivity contribution in [3.8, 4) is 0 Å². The minimum absolute atomic E-state index is 0.0815. The molecule has 0 unspecified atom stereocenters. The van der Waals surface area contributed by atoms with Gasteiger partial charge >= 0.3 is 0 Å². The quantitative estimate of drug-likeness (QED) is 0.830. The molecule has 0 saturated carbocycles. The van der Waals surface area contributed by atoms with Gasteiger partial charge in [0, 0.05) is 23.4 Å². The maximum absolute atomic E-state index is 11.3. The average Bonchev–Trinajstić information content (AvgIpc) is 2.48. The van der Waals surface area contributed by atoms with Gasteiger partial charge in [-0.2, -0.15) is 0 Å². The summed E-state index contributed by atoms with van der Waals surface area (Å²) in [5.41, 5.74) is 3.99. The number of fused-ring (bicyclic) bond motifs is 1. The summed E-state index contributed by atoms with van der Waals surface area (Å²) in [6.07, 6.45) is 1.31. The first-order valence-electron chi connectivity index (χ1n) is 6.51. The zero-order chi connectivity index (χ0) is 13.9. The number of hydrogen-bond acceptors (Lipinski definition) is 2. The van der Waals surface area contributed by atoms with E-state index < -0.39 is 0 Å². The third-order valence-electron chi connectivity index (χ3n) is 3.29. The Morgan fingerprint density at radius 3 is 2.70 bits per heavy atom. The van der Waals surface area contributed by atoms with Crippen LogP contribution in [-0.4, -0.2) is 10.9 Å². The van der Waals surface area contributed by atoms with Gasteiger partial charge in [-0.3, -0.25) is 4.79 Å². The van der Waals surface area contributed by atoms with Crippen molar-refractivity contribution in [1.29, 1.82) is 0 Å². The van der Waals surface area contributed by atoms with Gasteiger partial charge < -0.3 is 10.6 Å². The highest BCUT2D eigenvalue weighted by Crippen LogP contribution is 2.25. The summed E-state index contributed by atoms with van der Waals surface area (Å²) in [4.78, 5) is 12.0. The Balaban J connectivity index is 1.79. The Hall–Kier alpha value is -2.20. The fourth-order valence-electron chi connectivity index (χ4n) is 2.25. The Morgan fingerprint density at radius 2 is 1.90 bits per heavy atom. The van der Waals surface area contributed by atoms with Crippen LogP contribution in [0.3, 0.4) is 0 Å². The molecule has 2 aromatic carbocycles. The molecule has 0 radical (unpaired) electrons. The fraction of sp³-hybridized carbons (Fsp3) is 0.125. The predicted octanol–water partition coefficient (Wildman–Crippen LogP) is 3.36. The number of aryl methyl sites for hydroxylation is 1. The minimum atomic E-state index is 0.0815. The van der Waals surface area contributed by atoms with Crippen molar-refractivity contribution < 1.29 is 4.79 Å². The Bertz CT molecular complexity index is 667. The number of benzene rings is 2. The van der Waals surface area contributed by atoms with Gasteiger partial charge in [0.05, 0.1) is 0 Å². The first kappa shape index (κ1) is 12.8. The maximum Gasteiger partial charge on any atom is 0.224 e. The topological polar surface area (TPSA) is 41.1 Å². The van der Waals surface area contributed by atoms with Crippen molar-refractivity contribution in [3.05, 3.63) is 59.7 Å². The first-order valence-corrected chi connectivity index (χ1v) is 6.92. The molecule has 2 aromatic rings. The molecular weight excluding hydrogens is 268 g/mol. The van der Waals surface area contributed by atoms with Crippen molar-refractivity contribution >= 4 is 34.5 Å². The van der Waals surface area contributed by atoms with E-state index in [0.29, 0.717) is 11.4 Å². The molecule has 0 spiro atoms. The molecule has 100 valence electrons. The van der Waals surface area contributed by atoms with Crippen molar-refractivity contribution in [2.75, 3.05) is 10.6 Å². The van der Waals surface area contributed by atoms with Crippen LogP contribution in [0.4, 0.5) is 11.4 Å². The summed E-state index contributed by atoms with van der Waals surface area (Å²) in [7, 11) is 0. The molecule has 0 saturated heterocycles. The second-order valence-electron chi connectivity index (χ2n) is 4.74. The summed E-state index contributed by atoms with van der Waals surface area (Å²) in [5.74, 6) is 0.0815. The maximum atomic E-state index is 11.3. The highest BCUT2D eigenvalue weighted by Gasteiger charge is 2.14. The normalized spacial score (nSPS) is 13.3. The van der Waals surface area contributed by atoms with E-state index in [1.54, 1.807) is 0 Å². The molecule has 1 aliphatic rings. The highest BCUT2D eigenvalue weighted by atomic mass is 32.1. The molecule has 2 N–H and O–H groups in total. The van der Waals surface area contributed by atoms with Crippen LogP contribution in [0.1, 0.15) is 17.5 Å². The van der Waals surface area contributed by atoms with Gasteiger partial charge in [-0.1, -0.05) is 42.5 Å². The molecule has 0 aliphatic carbocycles. The number of amides is 1. The lowest BCUT2D eigenvalue weighted by molar-refractivity contribution is -0.116. The molecule has 1 heterocycles.